The summed E-state index contributed by atoms with van der Waals surface area (Å²) >= 11 is 0. The number of halogens is 3. The van der Waals surface area contributed by atoms with E-state index >= 15 is 0 Å². The topological polar surface area (TPSA) is 94.8 Å². The van der Waals surface area contributed by atoms with Gasteiger partial charge >= 0.3 is 12.1 Å². The first-order valence-electron chi connectivity index (χ1n) is 10.0. The van der Waals surface area contributed by atoms with Crippen LogP contribution in [0.25, 0.3) is 5.65 Å². The third-order valence-electron chi connectivity index (χ3n) is 4.55. The summed E-state index contributed by atoms with van der Waals surface area (Å²) in [4.78, 5) is 28.4. The molecule has 34 heavy (non-hydrogen) atoms. The maximum Gasteiger partial charge on any atom is 0.416 e. The van der Waals surface area contributed by atoms with Gasteiger partial charge in [0, 0.05) is 23.4 Å². The molecule has 0 bridgehead atoms. The molecule has 0 fully saturated rings. The van der Waals surface area contributed by atoms with Crippen molar-refractivity contribution >= 4 is 23.2 Å². The van der Waals surface area contributed by atoms with Gasteiger partial charge in [0.2, 0.25) is 5.88 Å². The molecule has 4 aromatic rings. The van der Waals surface area contributed by atoms with E-state index in [0.29, 0.717) is 17.1 Å². The Kier molecular flexibility index (Phi) is 6.17. The number of fused-ring (bicyclic) bond motifs is 1. The van der Waals surface area contributed by atoms with Gasteiger partial charge in [0.1, 0.15) is 5.75 Å². The minimum absolute atomic E-state index is 0.103. The van der Waals surface area contributed by atoms with Gasteiger partial charge in [0.15, 0.2) is 11.3 Å². The van der Waals surface area contributed by atoms with Crippen LogP contribution in [0.2, 0.25) is 0 Å². The summed E-state index contributed by atoms with van der Waals surface area (Å²) in [5, 5.41) is 6.78. The highest BCUT2D eigenvalue weighted by Gasteiger charge is 2.30. The molecule has 0 saturated heterocycles. The van der Waals surface area contributed by atoms with Gasteiger partial charge in [-0.2, -0.15) is 13.2 Å². The van der Waals surface area contributed by atoms with Crippen molar-refractivity contribution in [1.29, 1.82) is 0 Å². The summed E-state index contributed by atoms with van der Waals surface area (Å²) in [5.74, 6) is -0.770. The van der Waals surface area contributed by atoms with Gasteiger partial charge in [-0.25, -0.2) is 14.3 Å². The Bertz CT molecular complexity index is 1370. The zero-order chi connectivity index (χ0) is 24.3. The molecule has 0 spiro atoms. The number of anilines is 1. The summed E-state index contributed by atoms with van der Waals surface area (Å²) in [7, 11) is 0. The fraction of sp³-hybridized carbons (Fsp3) is 0.130. The van der Waals surface area contributed by atoms with E-state index in [1.54, 1.807) is 37.3 Å². The van der Waals surface area contributed by atoms with Gasteiger partial charge in [-0.1, -0.05) is 12.1 Å². The molecule has 0 aliphatic rings. The minimum atomic E-state index is -4.55. The molecule has 0 aliphatic carbocycles. The Labute approximate surface area is 190 Å². The van der Waals surface area contributed by atoms with Crippen molar-refractivity contribution in [3.63, 3.8) is 0 Å². The minimum Gasteiger partial charge on any atom is -0.461 e. The maximum atomic E-state index is 12.9. The van der Waals surface area contributed by atoms with E-state index < -0.39 is 23.6 Å². The van der Waals surface area contributed by atoms with Crippen LogP contribution in [0.15, 0.2) is 66.9 Å². The molecular formula is C23H17F3N4O4. The first-order valence-corrected chi connectivity index (χ1v) is 10.0. The van der Waals surface area contributed by atoms with Gasteiger partial charge in [-0.3, -0.25) is 4.79 Å². The quantitative estimate of drug-likeness (QED) is 0.400. The SMILES string of the molecule is CCOC(=O)c1cn2nc(Oc3cccc(NC(=O)c4cccc(C(F)(F)F)c4)c3)ccc2n1. The highest BCUT2D eigenvalue weighted by atomic mass is 19.4. The van der Waals surface area contributed by atoms with Crippen LogP contribution in [0.5, 0.6) is 11.6 Å². The Hall–Kier alpha value is -4.41. The number of rotatable bonds is 6. The van der Waals surface area contributed by atoms with E-state index in [1.807, 2.05) is 0 Å². The molecule has 4 rings (SSSR count). The van der Waals surface area contributed by atoms with Crippen molar-refractivity contribution in [1.82, 2.24) is 14.6 Å². The zero-order valence-electron chi connectivity index (χ0n) is 17.7. The summed E-state index contributed by atoms with van der Waals surface area (Å²) < 4.78 is 50.7. The van der Waals surface area contributed by atoms with E-state index in [-0.39, 0.29) is 23.7 Å². The number of ether oxygens (including phenoxy) is 2. The predicted molar refractivity (Wildman–Crippen MR) is 115 cm³/mol. The summed E-state index contributed by atoms with van der Waals surface area (Å²) in [6, 6.07) is 13.6. The summed E-state index contributed by atoms with van der Waals surface area (Å²) in [6.07, 6.45) is -3.14. The number of amides is 1. The van der Waals surface area contributed by atoms with Crippen LogP contribution >= 0.6 is 0 Å². The second kappa shape index (κ2) is 9.22. The first kappa shape index (κ1) is 22.8. The standard InChI is InChI=1S/C23H17F3N4O4/c1-2-33-22(32)18-13-30-19(28-18)9-10-20(29-30)34-17-8-4-7-16(12-17)27-21(31)14-5-3-6-15(11-14)23(24,25)26/h3-13H,2H2,1H3,(H,27,31). The van der Waals surface area contributed by atoms with Crippen LogP contribution < -0.4 is 10.1 Å². The van der Waals surface area contributed by atoms with E-state index in [2.05, 4.69) is 15.4 Å². The molecule has 1 amide bonds. The Balaban J connectivity index is 1.49. The Morgan fingerprint density at radius 1 is 1.06 bits per heavy atom. The summed E-state index contributed by atoms with van der Waals surface area (Å²) in [6.45, 7) is 1.91. The molecule has 1 N–H and O–H groups in total. The molecule has 2 heterocycles. The van der Waals surface area contributed by atoms with Crippen LogP contribution in [0, 0.1) is 0 Å². The second-order valence-corrected chi connectivity index (χ2v) is 6.98. The van der Waals surface area contributed by atoms with Crippen LogP contribution in [-0.2, 0) is 10.9 Å². The molecule has 0 saturated carbocycles. The highest BCUT2D eigenvalue weighted by Crippen LogP contribution is 2.30. The van der Waals surface area contributed by atoms with Crippen molar-refractivity contribution in [2.75, 3.05) is 11.9 Å². The Morgan fingerprint density at radius 2 is 1.85 bits per heavy atom. The van der Waals surface area contributed by atoms with Crippen molar-refractivity contribution in [2.24, 2.45) is 0 Å². The number of carbonyl (C=O) groups is 2. The smallest absolute Gasteiger partial charge is 0.416 e. The number of alkyl halides is 3. The van der Waals surface area contributed by atoms with Crippen molar-refractivity contribution in [3.05, 3.63) is 83.7 Å². The number of hydrogen-bond acceptors (Lipinski definition) is 6. The lowest BCUT2D eigenvalue weighted by atomic mass is 10.1. The van der Waals surface area contributed by atoms with Crippen molar-refractivity contribution in [2.45, 2.75) is 13.1 Å². The molecule has 11 heteroatoms. The van der Waals surface area contributed by atoms with E-state index in [4.69, 9.17) is 9.47 Å². The van der Waals surface area contributed by atoms with Crippen molar-refractivity contribution < 1.29 is 32.2 Å². The number of aromatic nitrogens is 3. The molecule has 0 unspecified atom stereocenters. The third-order valence-corrected chi connectivity index (χ3v) is 4.55. The maximum absolute atomic E-state index is 12.9. The predicted octanol–water partition coefficient (Wildman–Crippen LogP) is 4.97. The van der Waals surface area contributed by atoms with E-state index in [1.165, 1.54) is 28.9 Å². The van der Waals surface area contributed by atoms with Gasteiger partial charge in [0.05, 0.1) is 18.4 Å². The highest BCUT2D eigenvalue weighted by molar-refractivity contribution is 6.04. The lowest BCUT2D eigenvalue weighted by molar-refractivity contribution is -0.137. The van der Waals surface area contributed by atoms with Crippen LogP contribution in [0.4, 0.5) is 18.9 Å². The van der Waals surface area contributed by atoms with Crippen LogP contribution in [-0.4, -0.2) is 33.1 Å². The summed E-state index contributed by atoms with van der Waals surface area (Å²) in [5.41, 5.74) is -0.216. The second-order valence-electron chi connectivity index (χ2n) is 6.98. The molecule has 0 radical (unpaired) electrons. The van der Waals surface area contributed by atoms with Gasteiger partial charge in [-0.05, 0) is 43.3 Å². The molecule has 2 aromatic carbocycles. The third kappa shape index (κ3) is 5.14. The largest absolute Gasteiger partial charge is 0.461 e. The fourth-order valence-electron chi connectivity index (χ4n) is 3.02. The molecule has 2 aromatic heterocycles. The number of nitrogens with zero attached hydrogens (tertiary/aromatic N) is 3. The van der Waals surface area contributed by atoms with Crippen LogP contribution in [0.1, 0.15) is 33.3 Å². The molecule has 0 aliphatic heterocycles. The van der Waals surface area contributed by atoms with E-state index in [0.717, 1.165) is 12.1 Å². The zero-order valence-corrected chi connectivity index (χ0v) is 17.7. The first-order chi connectivity index (χ1) is 16.2. The van der Waals surface area contributed by atoms with Crippen LogP contribution in [0.3, 0.4) is 0 Å². The van der Waals surface area contributed by atoms with Gasteiger partial charge in [0.25, 0.3) is 5.91 Å². The number of hydrogen-bond donors (Lipinski definition) is 1. The fourth-order valence-corrected chi connectivity index (χ4v) is 3.02. The molecule has 8 nitrogen and oxygen atoms in total. The normalized spacial score (nSPS) is 11.3. The van der Waals surface area contributed by atoms with E-state index in [9.17, 15) is 22.8 Å². The average molecular weight is 470 g/mol. The lowest BCUT2D eigenvalue weighted by Crippen LogP contribution is -2.13. The number of esters is 1. The van der Waals surface area contributed by atoms with Gasteiger partial charge < -0.3 is 14.8 Å². The number of benzene rings is 2. The number of nitrogens with one attached hydrogen (secondary N) is 1. The molecule has 174 valence electrons. The number of carbonyl (C=O) groups excluding carboxylic acids is 2. The van der Waals surface area contributed by atoms with Crippen molar-refractivity contribution in [3.8, 4) is 11.6 Å². The number of imidazole rings is 1. The van der Waals surface area contributed by atoms with Gasteiger partial charge in [-0.15, -0.1) is 5.10 Å². The average Bonchev–Trinajstić information content (AvgIpc) is 3.23. The monoisotopic (exact) mass is 470 g/mol. The molecule has 0 atom stereocenters. The lowest BCUT2D eigenvalue weighted by Gasteiger charge is -2.10. The Morgan fingerprint density at radius 3 is 2.62 bits per heavy atom. The molecular weight excluding hydrogens is 453 g/mol.